The highest BCUT2D eigenvalue weighted by molar-refractivity contribution is 7.18. The zero-order valence-corrected chi connectivity index (χ0v) is 19.8. The second-order valence-corrected chi connectivity index (χ2v) is 9.82. The molecule has 0 bridgehead atoms. The summed E-state index contributed by atoms with van der Waals surface area (Å²) in [7, 11) is 0. The van der Waals surface area contributed by atoms with Gasteiger partial charge in [-0.3, -0.25) is 9.59 Å². The molecule has 3 aromatic rings. The molecule has 7 nitrogen and oxygen atoms in total. The lowest BCUT2D eigenvalue weighted by Crippen LogP contribution is -2.38. The number of carbonyl (C=O) groups is 2. The van der Waals surface area contributed by atoms with Gasteiger partial charge in [0, 0.05) is 41.2 Å². The third-order valence-corrected chi connectivity index (χ3v) is 7.06. The molecule has 1 aromatic carbocycles. The van der Waals surface area contributed by atoms with Crippen LogP contribution in [-0.4, -0.2) is 40.9 Å². The molecule has 4 rings (SSSR count). The Balaban J connectivity index is 1.37. The molecule has 8 heteroatoms. The zero-order valence-electron chi connectivity index (χ0n) is 18.9. The minimum Gasteiger partial charge on any atom is -0.356 e. The van der Waals surface area contributed by atoms with Crippen LogP contribution in [0.15, 0.2) is 30.6 Å². The van der Waals surface area contributed by atoms with Gasteiger partial charge in [-0.1, -0.05) is 0 Å². The number of aryl methyl sites for hydroxylation is 2. The molecule has 1 aliphatic rings. The second-order valence-electron chi connectivity index (χ2n) is 8.62. The number of thiophene rings is 1. The molecule has 2 amide bonds. The van der Waals surface area contributed by atoms with Crippen molar-refractivity contribution in [1.82, 2.24) is 15.3 Å². The molecule has 3 heterocycles. The number of aromatic nitrogens is 2. The maximum Gasteiger partial charge on any atom is 0.251 e. The molecule has 1 aliphatic heterocycles. The molecule has 0 atom stereocenters. The number of piperidine rings is 1. The van der Waals surface area contributed by atoms with E-state index >= 15 is 0 Å². The Labute approximate surface area is 192 Å². The first-order valence-corrected chi connectivity index (χ1v) is 11.8. The van der Waals surface area contributed by atoms with E-state index in [1.807, 2.05) is 13.8 Å². The van der Waals surface area contributed by atoms with Crippen molar-refractivity contribution in [1.29, 1.82) is 0 Å². The molecule has 0 unspecified atom stereocenters. The molecule has 168 valence electrons. The summed E-state index contributed by atoms with van der Waals surface area (Å²) in [5.41, 5.74) is 2.53. The molecule has 1 saturated heterocycles. The van der Waals surface area contributed by atoms with Crippen LogP contribution in [0.5, 0.6) is 0 Å². The number of fused-ring (bicyclic) bond motifs is 1. The van der Waals surface area contributed by atoms with Crippen LogP contribution in [0.2, 0.25) is 0 Å². The van der Waals surface area contributed by atoms with Crippen molar-refractivity contribution in [2.24, 2.45) is 5.92 Å². The zero-order chi connectivity index (χ0) is 22.8. The Morgan fingerprint density at radius 1 is 1.09 bits per heavy atom. The average Bonchev–Trinajstić information content (AvgIpc) is 3.07. The van der Waals surface area contributed by atoms with Gasteiger partial charge in [0.05, 0.1) is 5.39 Å². The molecule has 0 aliphatic carbocycles. The lowest BCUT2D eigenvalue weighted by Gasteiger charge is -2.32. The lowest BCUT2D eigenvalue weighted by atomic mass is 9.95. The highest BCUT2D eigenvalue weighted by Gasteiger charge is 2.27. The van der Waals surface area contributed by atoms with Crippen LogP contribution in [0.4, 0.5) is 11.5 Å². The molecule has 0 radical (unpaired) electrons. The fourth-order valence-corrected chi connectivity index (χ4v) is 5.04. The van der Waals surface area contributed by atoms with Crippen molar-refractivity contribution in [2.75, 3.05) is 23.3 Å². The van der Waals surface area contributed by atoms with Crippen LogP contribution in [0.25, 0.3) is 10.2 Å². The molecule has 32 heavy (non-hydrogen) atoms. The summed E-state index contributed by atoms with van der Waals surface area (Å²) in [6, 6.07) is 7.12. The van der Waals surface area contributed by atoms with Crippen molar-refractivity contribution in [2.45, 2.75) is 46.6 Å². The molecular weight excluding hydrogens is 422 g/mol. The van der Waals surface area contributed by atoms with E-state index in [2.05, 4.69) is 39.3 Å². The van der Waals surface area contributed by atoms with Gasteiger partial charge >= 0.3 is 0 Å². The van der Waals surface area contributed by atoms with Crippen molar-refractivity contribution < 1.29 is 9.59 Å². The molecular formula is C24H29N5O2S. The Morgan fingerprint density at radius 2 is 1.78 bits per heavy atom. The van der Waals surface area contributed by atoms with Gasteiger partial charge in [-0.2, -0.15) is 0 Å². The minimum absolute atomic E-state index is 0.0272. The largest absolute Gasteiger partial charge is 0.356 e. The van der Waals surface area contributed by atoms with E-state index in [-0.39, 0.29) is 23.8 Å². The normalized spacial score (nSPS) is 14.7. The topological polar surface area (TPSA) is 87.2 Å². The maximum absolute atomic E-state index is 12.8. The Morgan fingerprint density at radius 3 is 2.44 bits per heavy atom. The minimum atomic E-state index is -0.111. The third-order valence-electron chi connectivity index (χ3n) is 5.95. The molecule has 1 fully saturated rings. The van der Waals surface area contributed by atoms with Gasteiger partial charge in [0.25, 0.3) is 5.91 Å². The van der Waals surface area contributed by atoms with Crippen LogP contribution in [0.1, 0.15) is 47.5 Å². The molecule has 0 spiro atoms. The van der Waals surface area contributed by atoms with E-state index in [9.17, 15) is 9.59 Å². The molecule has 0 saturated carbocycles. The lowest BCUT2D eigenvalue weighted by molar-refractivity contribution is -0.120. The third kappa shape index (κ3) is 4.60. The first kappa shape index (κ1) is 22.2. The first-order valence-electron chi connectivity index (χ1n) is 11.0. The number of nitrogens with zero attached hydrogens (tertiary/aromatic N) is 3. The second kappa shape index (κ2) is 9.24. The summed E-state index contributed by atoms with van der Waals surface area (Å²) < 4.78 is 0. The number of amides is 2. The first-order chi connectivity index (χ1) is 15.3. The summed E-state index contributed by atoms with van der Waals surface area (Å²) >= 11 is 1.70. The number of carbonyl (C=O) groups excluding carboxylic acids is 2. The van der Waals surface area contributed by atoms with Gasteiger partial charge in [0.1, 0.15) is 17.0 Å². The van der Waals surface area contributed by atoms with Gasteiger partial charge in [0.2, 0.25) is 5.91 Å². The van der Waals surface area contributed by atoms with Gasteiger partial charge in [-0.05, 0) is 70.4 Å². The molecule has 2 aromatic heterocycles. The summed E-state index contributed by atoms with van der Waals surface area (Å²) in [5.74, 6) is 0.850. The number of nitrogens with one attached hydrogen (secondary N) is 2. The van der Waals surface area contributed by atoms with Crippen molar-refractivity contribution in [3.05, 3.63) is 46.6 Å². The van der Waals surface area contributed by atoms with Gasteiger partial charge < -0.3 is 15.5 Å². The fourth-order valence-electron chi connectivity index (χ4n) is 4.05. The van der Waals surface area contributed by atoms with E-state index in [1.165, 1.54) is 10.4 Å². The van der Waals surface area contributed by atoms with E-state index in [1.54, 1.807) is 41.9 Å². The van der Waals surface area contributed by atoms with Gasteiger partial charge in [-0.15, -0.1) is 11.3 Å². The number of hydrogen-bond acceptors (Lipinski definition) is 6. The fraction of sp³-hybridized carbons (Fsp3) is 0.417. The van der Waals surface area contributed by atoms with E-state index in [0.29, 0.717) is 11.3 Å². The monoisotopic (exact) mass is 451 g/mol. The average molecular weight is 452 g/mol. The Hall–Kier alpha value is -3.00. The van der Waals surface area contributed by atoms with Crippen molar-refractivity contribution in [3.63, 3.8) is 0 Å². The Bertz CT molecular complexity index is 1130. The van der Waals surface area contributed by atoms with Crippen LogP contribution in [0.3, 0.4) is 0 Å². The SMILES string of the molecule is Cc1sc2ncnc(N3CCC(C(=O)Nc4ccc(C(=O)NC(C)C)cc4)CC3)c2c1C. The predicted molar refractivity (Wildman–Crippen MR) is 129 cm³/mol. The smallest absolute Gasteiger partial charge is 0.251 e. The van der Waals surface area contributed by atoms with Gasteiger partial charge in [-0.25, -0.2) is 9.97 Å². The van der Waals surface area contributed by atoms with Crippen LogP contribution in [0, 0.1) is 19.8 Å². The predicted octanol–water partition coefficient (Wildman–Crippen LogP) is 4.30. The van der Waals surface area contributed by atoms with Gasteiger partial charge in [0.15, 0.2) is 0 Å². The number of hydrogen-bond donors (Lipinski definition) is 2. The van der Waals surface area contributed by atoms with E-state index in [4.69, 9.17) is 0 Å². The van der Waals surface area contributed by atoms with Crippen LogP contribution in [-0.2, 0) is 4.79 Å². The highest BCUT2D eigenvalue weighted by atomic mass is 32.1. The Kier molecular flexibility index (Phi) is 6.41. The summed E-state index contributed by atoms with van der Waals surface area (Å²) in [6.45, 7) is 9.66. The summed E-state index contributed by atoms with van der Waals surface area (Å²) in [6.07, 6.45) is 3.18. The quantitative estimate of drug-likeness (QED) is 0.604. The van der Waals surface area contributed by atoms with Crippen LogP contribution >= 0.6 is 11.3 Å². The highest BCUT2D eigenvalue weighted by Crippen LogP contribution is 2.35. The maximum atomic E-state index is 12.8. The van der Waals surface area contributed by atoms with Crippen LogP contribution < -0.4 is 15.5 Å². The standard InChI is InChI=1S/C24H29N5O2S/c1-14(2)27-22(30)17-5-7-19(8-6-17)28-23(31)18-9-11-29(12-10-18)21-20-15(3)16(4)32-24(20)26-13-25-21/h5-8,13-14,18H,9-12H2,1-4H3,(H,27,30)(H,28,31). The van der Waals surface area contributed by atoms with E-state index < -0.39 is 0 Å². The van der Waals surface area contributed by atoms with E-state index in [0.717, 1.165) is 42.0 Å². The van der Waals surface area contributed by atoms with Crippen molar-refractivity contribution >= 4 is 44.9 Å². The number of anilines is 2. The molecule has 2 N–H and O–H groups in total. The summed E-state index contributed by atoms with van der Waals surface area (Å²) in [5, 5.41) is 7.01. The number of rotatable bonds is 5. The van der Waals surface area contributed by atoms with Crippen molar-refractivity contribution in [3.8, 4) is 0 Å². The summed E-state index contributed by atoms with van der Waals surface area (Å²) in [4.78, 5) is 38.5. The number of benzene rings is 1.